The molecule has 0 aliphatic carbocycles. The maximum Gasteiger partial charge on any atom is 0.269 e. The molecule has 0 atom stereocenters. The van der Waals surface area contributed by atoms with Crippen molar-refractivity contribution in [2.75, 3.05) is 26.4 Å². The smallest absolute Gasteiger partial charge is 0.269 e. The molecule has 2 saturated heterocycles. The molecule has 42 heavy (non-hydrogen) atoms. The number of rotatable bonds is 9. The van der Waals surface area contributed by atoms with Gasteiger partial charge in [-0.3, -0.25) is 4.68 Å². The maximum absolute atomic E-state index is 13.8. The minimum Gasteiger partial charge on any atom is -0.484 e. The van der Waals surface area contributed by atoms with E-state index in [2.05, 4.69) is 17.7 Å². The van der Waals surface area contributed by atoms with Crippen LogP contribution < -0.4 is 4.74 Å². The number of aliphatic imine (C=N–C) groups is 1. The van der Waals surface area contributed by atoms with Gasteiger partial charge in [-0.15, -0.1) is 0 Å². The highest BCUT2D eigenvalue weighted by Gasteiger charge is 2.35. The number of allylic oxidation sites excluding steroid dienone is 1. The fourth-order valence-electron chi connectivity index (χ4n) is 4.72. The molecule has 3 aliphatic rings. The molecule has 0 spiro atoms. The van der Waals surface area contributed by atoms with Gasteiger partial charge in [-0.2, -0.15) is 10.4 Å². The van der Waals surface area contributed by atoms with Gasteiger partial charge in [-0.25, -0.2) is 17.7 Å². The lowest BCUT2D eigenvalue weighted by atomic mass is 9.99. The molecule has 0 saturated carbocycles. The zero-order valence-electron chi connectivity index (χ0n) is 23.0. The standard InChI is InChI=1S/C31H29N5O5S/c1-3-22(25-14-34-35(15-25)26-17-39-18-26)13-33-31-21(2)29(16-36(31)42(37,38)28-7-5-4-6-8-28)23-9-10-30(24(11-23)12-32)41-27-19-40-20-27/h4-11,13-16,26-27H,2-3,17-20H2,1H3/b22-13+,33-31+. The van der Waals surface area contributed by atoms with E-state index in [0.717, 1.165) is 15.4 Å². The van der Waals surface area contributed by atoms with Crippen molar-refractivity contribution in [2.45, 2.75) is 30.4 Å². The number of aromatic nitrogens is 2. The normalized spacial score (nSPS) is 18.9. The van der Waals surface area contributed by atoms with Gasteiger partial charge in [0.15, 0.2) is 5.84 Å². The van der Waals surface area contributed by atoms with Crippen molar-refractivity contribution in [1.29, 1.82) is 5.26 Å². The Labute approximate surface area is 244 Å². The molecule has 2 aromatic carbocycles. The van der Waals surface area contributed by atoms with Crippen LogP contribution >= 0.6 is 0 Å². The zero-order valence-corrected chi connectivity index (χ0v) is 23.8. The minimum absolute atomic E-state index is 0.0948. The van der Waals surface area contributed by atoms with Crippen LogP contribution in [-0.4, -0.2) is 60.9 Å². The fourth-order valence-corrected chi connectivity index (χ4v) is 6.08. The maximum atomic E-state index is 13.8. The van der Waals surface area contributed by atoms with Crippen LogP contribution in [0.2, 0.25) is 0 Å². The Morgan fingerprint density at radius 3 is 2.60 bits per heavy atom. The first kappa shape index (κ1) is 27.7. The molecule has 0 amide bonds. The molecule has 0 unspecified atom stereocenters. The lowest BCUT2D eigenvalue weighted by molar-refractivity contribution is -0.0797. The molecule has 10 nitrogen and oxygen atoms in total. The predicted molar refractivity (Wildman–Crippen MR) is 157 cm³/mol. The summed E-state index contributed by atoms with van der Waals surface area (Å²) in [5, 5.41) is 14.3. The molecular weight excluding hydrogens is 554 g/mol. The first-order chi connectivity index (χ1) is 20.4. The van der Waals surface area contributed by atoms with Gasteiger partial charge in [0, 0.05) is 35.3 Å². The van der Waals surface area contributed by atoms with Crippen LogP contribution in [0.5, 0.6) is 5.75 Å². The number of sulfonamides is 1. The van der Waals surface area contributed by atoms with Crippen LogP contribution in [0.1, 0.15) is 36.1 Å². The van der Waals surface area contributed by atoms with Gasteiger partial charge >= 0.3 is 0 Å². The summed E-state index contributed by atoms with van der Waals surface area (Å²) >= 11 is 0. The Balaban J connectivity index is 1.38. The Morgan fingerprint density at radius 1 is 1.19 bits per heavy atom. The minimum atomic E-state index is -4.02. The Bertz CT molecular complexity index is 1760. The molecule has 11 heteroatoms. The van der Waals surface area contributed by atoms with Gasteiger partial charge in [-0.05, 0) is 41.8 Å². The molecule has 0 radical (unpaired) electrons. The molecule has 0 N–H and O–H groups in total. The fraction of sp³-hybridized carbons (Fsp3) is 0.258. The molecule has 3 aromatic rings. The van der Waals surface area contributed by atoms with E-state index in [4.69, 9.17) is 19.2 Å². The monoisotopic (exact) mass is 583 g/mol. The van der Waals surface area contributed by atoms with E-state index in [9.17, 15) is 13.7 Å². The second-order valence-electron chi connectivity index (χ2n) is 10.1. The number of hydrogen-bond donors (Lipinski definition) is 0. The second-order valence-corrected chi connectivity index (χ2v) is 11.9. The van der Waals surface area contributed by atoms with Crippen LogP contribution in [-0.2, 0) is 19.5 Å². The van der Waals surface area contributed by atoms with Gasteiger partial charge < -0.3 is 14.2 Å². The van der Waals surface area contributed by atoms with E-state index in [0.29, 0.717) is 60.9 Å². The van der Waals surface area contributed by atoms with Crippen molar-refractivity contribution in [3.8, 4) is 11.8 Å². The number of hydrogen-bond acceptors (Lipinski definition) is 8. The first-order valence-electron chi connectivity index (χ1n) is 13.6. The summed E-state index contributed by atoms with van der Waals surface area (Å²) in [5.41, 5.74) is 3.68. The van der Waals surface area contributed by atoms with Crippen LogP contribution in [0, 0.1) is 11.3 Å². The third-order valence-corrected chi connectivity index (χ3v) is 9.02. The first-order valence-corrected chi connectivity index (χ1v) is 15.0. The van der Waals surface area contributed by atoms with E-state index in [-0.39, 0.29) is 22.9 Å². The Kier molecular flexibility index (Phi) is 7.51. The summed E-state index contributed by atoms with van der Waals surface area (Å²) in [7, 11) is -4.02. The number of benzene rings is 2. The lowest BCUT2D eigenvalue weighted by Crippen LogP contribution is -2.38. The van der Waals surface area contributed by atoms with Crippen molar-refractivity contribution in [3.63, 3.8) is 0 Å². The topological polar surface area (TPSA) is 119 Å². The summed E-state index contributed by atoms with van der Waals surface area (Å²) in [6, 6.07) is 15.7. The van der Waals surface area contributed by atoms with Crippen molar-refractivity contribution in [3.05, 3.63) is 102 Å². The molecule has 0 bridgehead atoms. The number of ether oxygens (including phenoxy) is 3. The number of nitriles is 1. The summed E-state index contributed by atoms with van der Waals surface area (Å²) in [6.45, 7) is 8.44. The van der Waals surface area contributed by atoms with Gasteiger partial charge in [-0.1, -0.05) is 37.8 Å². The highest BCUT2D eigenvalue weighted by Crippen LogP contribution is 2.37. The van der Waals surface area contributed by atoms with E-state index < -0.39 is 10.0 Å². The van der Waals surface area contributed by atoms with Gasteiger partial charge in [0.2, 0.25) is 0 Å². The number of nitrogens with zero attached hydrogens (tertiary/aromatic N) is 5. The predicted octanol–water partition coefficient (Wildman–Crippen LogP) is 4.55. The van der Waals surface area contributed by atoms with Crippen LogP contribution in [0.25, 0.3) is 11.1 Å². The average Bonchev–Trinajstić information content (AvgIpc) is 3.56. The largest absolute Gasteiger partial charge is 0.484 e. The summed E-state index contributed by atoms with van der Waals surface area (Å²) in [5.74, 6) is 0.621. The highest BCUT2D eigenvalue weighted by atomic mass is 32.2. The third kappa shape index (κ3) is 5.16. The summed E-state index contributed by atoms with van der Waals surface area (Å²) < 4.78 is 47.0. The Hall–Kier alpha value is -4.50. The van der Waals surface area contributed by atoms with Crippen LogP contribution in [0.15, 0.2) is 95.4 Å². The third-order valence-electron chi connectivity index (χ3n) is 7.35. The quantitative estimate of drug-likeness (QED) is 0.362. The SMILES string of the molecule is C=C1C(c2ccc(OC3COC3)c(C#N)c2)=CN(S(=O)(=O)c2ccccc2)/C1=N/C=C(\CC)c1cnn(C2COC2)c1. The Morgan fingerprint density at radius 2 is 1.95 bits per heavy atom. The molecule has 214 valence electrons. The second kappa shape index (κ2) is 11.4. The molecule has 6 rings (SSSR count). The van der Waals surface area contributed by atoms with Crippen molar-refractivity contribution in [2.24, 2.45) is 4.99 Å². The van der Waals surface area contributed by atoms with Gasteiger partial charge in [0.05, 0.1) is 49.1 Å². The van der Waals surface area contributed by atoms with E-state index in [1.807, 2.05) is 17.8 Å². The van der Waals surface area contributed by atoms with Crippen LogP contribution in [0.4, 0.5) is 0 Å². The van der Waals surface area contributed by atoms with Gasteiger partial charge in [0.25, 0.3) is 10.0 Å². The molecule has 3 aliphatic heterocycles. The summed E-state index contributed by atoms with van der Waals surface area (Å²) in [6.07, 6.45) is 7.47. The summed E-state index contributed by atoms with van der Waals surface area (Å²) in [4.78, 5) is 4.81. The van der Waals surface area contributed by atoms with E-state index in [1.54, 1.807) is 48.8 Å². The number of amidine groups is 1. The zero-order chi connectivity index (χ0) is 29.3. The average molecular weight is 584 g/mol. The van der Waals surface area contributed by atoms with E-state index in [1.165, 1.54) is 18.3 Å². The molecule has 2 fully saturated rings. The van der Waals surface area contributed by atoms with Crippen molar-refractivity contribution < 1.29 is 22.6 Å². The highest BCUT2D eigenvalue weighted by molar-refractivity contribution is 7.89. The van der Waals surface area contributed by atoms with Crippen molar-refractivity contribution >= 4 is 27.0 Å². The molecule has 4 heterocycles. The van der Waals surface area contributed by atoms with E-state index >= 15 is 0 Å². The van der Waals surface area contributed by atoms with Crippen molar-refractivity contribution in [1.82, 2.24) is 14.1 Å². The van der Waals surface area contributed by atoms with Crippen LogP contribution in [0.3, 0.4) is 0 Å². The lowest BCUT2D eigenvalue weighted by Gasteiger charge is -2.27. The molecule has 1 aromatic heterocycles. The van der Waals surface area contributed by atoms with Gasteiger partial charge in [0.1, 0.15) is 17.9 Å². The molecular formula is C31H29N5O5S.